The number of aliphatic imine (C=N–C) groups is 1. The van der Waals surface area contributed by atoms with Crippen LogP contribution in [-0.2, 0) is 0 Å². The maximum atomic E-state index is 4.45. The first-order valence-electron chi connectivity index (χ1n) is 5.12. The van der Waals surface area contributed by atoms with Crippen LogP contribution in [0.15, 0.2) is 4.99 Å². The van der Waals surface area contributed by atoms with Gasteiger partial charge in [0.25, 0.3) is 0 Å². The predicted molar refractivity (Wildman–Crippen MR) is 61.4 cm³/mol. The van der Waals surface area contributed by atoms with E-state index in [4.69, 9.17) is 0 Å². The molecule has 1 unspecified atom stereocenters. The number of nitrogens with one attached hydrogen (secondary N) is 1. The predicted octanol–water partition coefficient (Wildman–Crippen LogP) is 2.50. The molecule has 1 aliphatic rings. The largest absolute Gasteiger partial charge is 0.362 e. The second-order valence-electron chi connectivity index (χ2n) is 4.06. The van der Waals surface area contributed by atoms with Crippen LogP contribution in [0.25, 0.3) is 0 Å². The Morgan fingerprint density at radius 2 is 2.23 bits per heavy atom. The van der Waals surface area contributed by atoms with Gasteiger partial charge in [-0.05, 0) is 25.7 Å². The Bertz CT molecular complexity index is 178. The molecule has 1 atom stereocenters. The Morgan fingerprint density at radius 3 is 2.77 bits per heavy atom. The van der Waals surface area contributed by atoms with E-state index in [0.717, 1.165) is 17.6 Å². The maximum absolute atomic E-state index is 4.45. The lowest BCUT2D eigenvalue weighted by atomic mass is 10.1. The Balaban J connectivity index is 2.26. The minimum atomic E-state index is 0.560. The van der Waals surface area contributed by atoms with Crippen molar-refractivity contribution in [1.29, 1.82) is 0 Å². The molecular formula is C10H20N2S. The van der Waals surface area contributed by atoms with Crippen molar-refractivity contribution >= 4 is 16.9 Å². The van der Waals surface area contributed by atoms with Crippen molar-refractivity contribution in [2.24, 2.45) is 10.9 Å². The summed E-state index contributed by atoms with van der Waals surface area (Å²) in [5, 5.41) is 4.62. The molecule has 0 aromatic carbocycles. The summed E-state index contributed by atoms with van der Waals surface area (Å²) in [4.78, 5) is 4.45. The van der Waals surface area contributed by atoms with Crippen molar-refractivity contribution in [3.05, 3.63) is 0 Å². The molecule has 13 heavy (non-hydrogen) atoms. The van der Waals surface area contributed by atoms with E-state index in [-0.39, 0.29) is 0 Å². The van der Waals surface area contributed by atoms with Crippen LogP contribution in [0.5, 0.6) is 0 Å². The number of hydrogen-bond acceptors (Lipinski definition) is 3. The highest BCUT2D eigenvalue weighted by atomic mass is 32.2. The first-order valence-corrected chi connectivity index (χ1v) is 6.11. The number of thioether (sulfide) groups is 1. The molecule has 0 aromatic heterocycles. The second kappa shape index (κ2) is 5.53. The number of hydrogen-bond donors (Lipinski definition) is 1. The average Bonchev–Trinajstić information content (AvgIpc) is 2.04. The van der Waals surface area contributed by atoms with E-state index in [1.54, 1.807) is 0 Å². The molecule has 2 nitrogen and oxygen atoms in total. The van der Waals surface area contributed by atoms with Crippen LogP contribution >= 0.6 is 11.8 Å². The zero-order valence-corrected chi connectivity index (χ0v) is 9.66. The Labute approximate surface area is 85.6 Å². The molecule has 0 radical (unpaired) electrons. The highest BCUT2D eigenvalue weighted by Crippen LogP contribution is 2.12. The SMILES string of the molecule is CC(C)CC(C)NC1=NCCCS1. The smallest absolute Gasteiger partial charge is 0.156 e. The molecule has 0 fully saturated rings. The zero-order valence-electron chi connectivity index (χ0n) is 8.84. The molecule has 1 aliphatic heterocycles. The van der Waals surface area contributed by atoms with Crippen molar-refractivity contribution in [2.75, 3.05) is 12.3 Å². The summed E-state index contributed by atoms with van der Waals surface area (Å²) in [5.74, 6) is 1.98. The maximum Gasteiger partial charge on any atom is 0.156 e. The molecule has 76 valence electrons. The molecule has 1 rings (SSSR count). The van der Waals surface area contributed by atoms with E-state index in [2.05, 4.69) is 31.1 Å². The number of amidine groups is 1. The minimum absolute atomic E-state index is 0.560. The zero-order chi connectivity index (χ0) is 9.68. The lowest BCUT2D eigenvalue weighted by Gasteiger charge is -2.20. The lowest BCUT2D eigenvalue weighted by Crippen LogP contribution is -2.33. The molecule has 1 N–H and O–H groups in total. The molecule has 0 bridgehead atoms. The molecule has 0 spiro atoms. The normalized spacial score (nSPS) is 19.8. The fourth-order valence-corrected chi connectivity index (χ4v) is 2.46. The summed E-state index contributed by atoms with van der Waals surface area (Å²) in [6.07, 6.45) is 2.45. The van der Waals surface area contributed by atoms with Gasteiger partial charge in [0, 0.05) is 18.3 Å². The fourth-order valence-electron chi connectivity index (χ4n) is 1.52. The van der Waals surface area contributed by atoms with E-state index in [1.807, 2.05) is 11.8 Å². The van der Waals surface area contributed by atoms with Crippen molar-refractivity contribution in [3.63, 3.8) is 0 Å². The van der Waals surface area contributed by atoms with E-state index >= 15 is 0 Å². The van der Waals surface area contributed by atoms with Gasteiger partial charge in [0.15, 0.2) is 5.17 Å². The van der Waals surface area contributed by atoms with Gasteiger partial charge in [0.05, 0.1) is 0 Å². The summed E-state index contributed by atoms with van der Waals surface area (Å²) in [5.41, 5.74) is 0. The molecule has 0 saturated heterocycles. The molecule has 1 heterocycles. The molecule has 0 saturated carbocycles. The minimum Gasteiger partial charge on any atom is -0.362 e. The Hall–Kier alpha value is -0.180. The second-order valence-corrected chi connectivity index (χ2v) is 5.15. The molecule has 0 aromatic rings. The fraction of sp³-hybridized carbons (Fsp3) is 0.900. The van der Waals surface area contributed by atoms with Crippen LogP contribution in [0.1, 0.15) is 33.6 Å². The van der Waals surface area contributed by atoms with Gasteiger partial charge < -0.3 is 5.32 Å². The van der Waals surface area contributed by atoms with E-state index in [1.165, 1.54) is 18.6 Å². The summed E-state index contributed by atoms with van der Waals surface area (Å²) in [6, 6.07) is 0.560. The summed E-state index contributed by atoms with van der Waals surface area (Å²) < 4.78 is 0. The standard InChI is InChI=1S/C10H20N2S/c1-8(2)7-9(3)12-10-11-5-4-6-13-10/h8-9H,4-7H2,1-3H3,(H,11,12). The van der Waals surface area contributed by atoms with Gasteiger partial charge in [-0.1, -0.05) is 25.6 Å². The van der Waals surface area contributed by atoms with Crippen LogP contribution in [-0.4, -0.2) is 23.5 Å². The number of nitrogens with zero attached hydrogens (tertiary/aromatic N) is 1. The Kier molecular flexibility index (Phi) is 4.64. The lowest BCUT2D eigenvalue weighted by molar-refractivity contribution is 0.492. The van der Waals surface area contributed by atoms with Crippen LogP contribution in [0.3, 0.4) is 0 Å². The van der Waals surface area contributed by atoms with Crippen molar-refractivity contribution in [1.82, 2.24) is 5.32 Å². The third kappa shape index (κ3) is 4.55. The summed E-state index contributed by atoms with van der Waals surface area (Å²) in [7, 11) is 0. The van der Waals surface area contributed by atoms with Crippen LogP contribution in [0.2, 0.25) is 0 Å². The van der Waals surface area contributed by atoms with E-state index in [0.29, 0.717) is 6.04 Å². The van der Waals surface area contributed by atoms with E-state index in [9.17, 15) is 0 Å². The highest BCUT2D eigenvalue weighted by molar-refractivity contribution is 8.13. The monoisotopic (exact) mass is 200 g/mol. The van der Waals surface area contributed by atoms with Crippen molar-refractivity contribution in [2.45, 2.75) is 39.7 Å². The Morgan fingerprint density at radius 1 is 1.46 bits per heavy atom. The van der Waals surface area contributed by atoms with Crippen LogP contribution < -0.4 is 5.32 Å². The van der Waals surface area contributed by atoms with Gasteiger partial charge in [-0.2, -0.15) is 0 Å². The van der Waals surface area contributed by atoms with Crippen molar-refractivity contribution < 1.29 is 0 Å². The first-order chi connectivity index (χ1) is 6.18. The molecule has 0 amide bonds. The molecule has 3 heteroatoms. The summed E-state index contributed by atoms with van der Waals surface area (Å²) >= 11 is 1.86. The van der Waals surface area contributed by atoms with E-state index < -0.39 is 0 Å². The quantitative estimate of drug-likeness (QED) is 0.757. The average molecular weight is 200 g/mol. The van der Waals surface area contributed by atoms with Gasteiger partial charge in [-0.25, -0.2) is 0 Å². The molecule has 0 aliphatic carbocycles. The van der Waals surface area contributed by atoms with Gasteiger partial charge >= 0.3 is 0 Å². The van der Waals surface area contributed by atoms with Gasteiger partial charge in [0.2, 0.25) is 0 Å². The summed E-state index contributed by atoms with van der Waals surface area (Å²) in [6.45, 7) is 7.75. The van der Waals surface area contributed by atoms with Crippen molar-refractivity contribution in [3.8, 4) is 0 Å². The number of rotatable bonds is 3. The van der Waals surface area contributed by atoms with Gasteiger partial charge in [-0.15, -0.1) is 0 Å². The third-order valence-corrected chi connectivity index (χ3v) is 3.00. The topological polar surface area (TPSA) is 24.4 Å². The third-order valence-electron chi connectivity index (χ3n) is 1.99. The van der Waals surface area contributed by atoms with Crippen LogP contribution in [0, 0.1) is 5.92 Å². The van der Waals surface area contributed by atoms with Gasteiger partial charge in [0.1, 0.15) is 0 Å². The highest BCUT2D eigenvalue weighted by Gasteiger charge is 2.09. The first kappa shape index (κ1) is 10.9. The van der Waals surface area contributed by atoms with Gasteiger partial charge in [-0.3, -0.25) is 4.99 Å². The molecular weight excluding hydrogens is 180 g/mol. The van der Waals surface area contributed by atoms with Crippen LogP contribution in [0.4, 0.5) is 0 Å².